The molecule has 4 heteroatoms. The van der Waals surface area contributed by atoms with Crippen molar-refractivity contribution in [1.82, 2.24) is 10.2 Å². The summed E-state index contributed by atoms with van der Waals surface area (Å²) >= 11 is 0. The van der Waals surface area contributed by atoms with Crippen LogP contribution < -0.4 is 17.0 Å². The molecule has 3 nitrogen and oxygen atoms in total. The summed E-state index contributed by atoms with van der Waals surface area (Å²) < 4.78 is 2.19. The van der Waals surface area contributed by atoms with E-state index < -0.39 is 0 Å². The van der Waals surface area contributed by atoms with Crippen molar-refractivity contribution in [3.8, 4) is 11.3 Å². The molecule has 26 heavy (non-hydrogen) atoms. The molecule has 0 aliphatic carbocycles. The molecule has 2 aromatic heterocycles. The van der Waals surface area contributed by atoms with Gasteiger partial charge in [-0.05, 0) is 17.7 Å². The molecule has 1 N–H and O–H groups in total. The normalized spacial score (nSPS) is 10.3. The fourth-order valence-electron chi connectivity index (χ4n) is 2.98. The third-order valence-electron chi connectivity index (χ3n) is 4.23. The van der Waals surface area contributed by atoms with Crippen LogP contribution in [0.1, 0.15) is 16.8 Å². The Labute approximate surface area is 159 Å². The number of nitrogens with zero attached hydrogens (tertiary/aromatic N) is 2. The van der Waals surface area contributed by atoms with Crippen molar-refractivity contribution < 1.29 is 17.0 Å². The van der Waals surface area contributed by atoms with Crippen LogP contribution in [0.3, 0.4) is 0 Å². The number of benzene rings is 2. The highest BCUT2D eigenvalue weighted by Crippen LogP contribution is 2.17. The van der Waals surface area contributed by atoms with E-state index in [1.54, 1.807) is 0 Å². The van der Waals surface area contributed by atoms with Gasteiger partial charge in [0.25, 0.3) is 0 Å². The minimum atomic E-state index is 0. The first-order valence-electron chi connectivity index (χ1n) is 8.48. The number of hydrogen-bond acceptors (Lipinski definition) is 1. The van der Waals surface area contributed by atoms with Gasteiger partial charge in [-0.2, -0.15) is 5.10 Å². The minimum Gasteiger partial charge on any atom is -1.00 e. The van der Waals surface area contributed by atoms with Gasteiger partial charge >= 0.3 is 0 Å². The van der Waals surface area contributed by atoms with Crippen molar-refractivity contribution >= 4 is 0 Å². The van der Waals surface area contributed by atoms with E-state index in [-0.39, 0.29) is 12.4 Å². The highest BCUT2D eigenvalue weighted by molar-refractivity contribution is 5.57. The van der Waals surface area contributed by atoms with Crippen LogP contribution in [-0.4, -0.2) is 10.2 Å². The van der Waals surface area contributed by atoms with Crippen LogP contribution in [0.25, 0.3) is 11.3 Å². The van der Waals surface area contributed by atoms with Gasteiger partial charge in [0.05, 0.1) is 11.3 Å². The summed E-state index contributed by atoms with van der Waals surface area (Å²) in [4.78, 5) is 0. The smallest absolute Gasteiger partial charge is 0.178 e. The zero-order chi connectivity index (χ0) is 16.9. The van der Waals surface area contributed by atoms with Gasteiger partial charge in [-0.3, -0.25) is 5.10 Å². The molecule has 0 fully saturated rings. The highest BCUT2D eigenvalue weighted by Gasteiger charge is 2.09. The second-order valence-electron chi connectivity index (χ2n) is 6.19. The van der Waals surface area contributed by atoms with Crippen LogP contribution in [0.5, 0.6) is 0 Å². The Bertz CT molecular complexity index is 949. The number of halogens is 1. The zero-order valence-corrected chi connectivity index (χ0v) is 15.1. The maximum absolute atomic E-state index is 4.49. The molecule has 4 rings (SSSR count). The van der Waals surface area contributed by atoms with E-state index in [1.807, 2.05) is 12.1 Å². The first kappa shape index (κ1) is 17.9. The number of H-pyrrole nitrogens is 1. The molecule has 0 spiro atoms. The Kier molecular flexibility index (Phi) is 5.82. The molecule has 0 unspecified atom stereocenters. The molecule has 4 aromatic rings. The molecule has 2 aromatic carbocycles. The lowest BCUT2D eigenvalue weighted by Crippen LogP contribution is -3.00. The number of pyridine rings is 1. The van der Waals surface area contributed by atoms with Gasteiger partial charge in [-0.1, -0.05) is 60.7 Å². The highest BCUT2D eigenvalue weighted by atomic mass is 35.5. The van der Waals surface area contributed by atoms with Gasteiger partial charge in [-0.15, -0.1) is 0 Å². The van der Waals surface area contributed by atoms with Crippen molar-refractivity contribution in [1.29, 1.82) is 0 Å². The molecule has 0 radical (unpaired) electrons. The number of aromatic amines is 1. The minimum absolute atomic E-state index is 0. The molecule has 0 aliphatic heterocycles. The predicted octanol–water partition coefficient (Wildman–Crippen LogP) is 1.01. The van der Waals surface area contributed by atoms with Crippen molar-refractivity contribution in [2.75, 3.05) is 0 Å². The Hall–Kier alpha value is -2.91. The van der Waals surface area contributed by atoms with Gasteiger partial charge in [0.2, 0.25) is 0 Å². The lowest BCUT2D eigenvalue weighted by atomic mass is 10.1. The van der Waals surface area contributed by atoms with Gasteiger partial charge in [0, 0.05) is 23.7 Å². The summed E-state index contributed by atoms with van der Waals surface area (Å²) in [6.07, 6.45) is 5.11. The summed E-state index contributed by atoms with van der Waals surface area (Å²) in [6, 6.07) is 27.2. The Balaban J connectivity index is 0.00000196. The number of nitrogens with one attached hydrogen (secondary N) is 1. The summed E-state index contributed by atoms with van der Waals surface area (Å²) in [5.74, 6) is 0. The Morgan fingerprint density at radius 2 is 1.50 bits per heavy atom. The molecular weight excluding hydrogens is 342 g/mol. The average molecular weight is 362 g/mol. The van der Waals surface area contributed by atoms with E-state index in [0.29, 0.717) is 0 Å². The van der Waals surface area contributed by atoms with E-state index in [0.717, 1.165) is 29.9 Å². The molecule has 2 heterocycles. The lowest BCUT2D eigenvalue weighted by molar-refractivity contribution is -0.687. The average Bonchev–Trinajstić information content (AvgIpc) is 3.12. The quantitative estimate of drug-likeness (QED) is 0.529. The third-order valence-corrected chi connectivity index (χ3v) is 4.23. The summed E-state index contributed by atoms with van der Waals surface area (Å²) in [7, 11) is 0. The van der Waals surface area contributed by atoms with E-state index in [2.05, 4.69) is 93.9 Å². The van der Waals surface area contributed by atoms with E-state index >= 15 is 0 Å². The molecule has 0 saturated carbocycles. The molecule has 0 aliphatic rings. The maximum Gasteiger partial charge on any atom is 0.178 e. The van der Waals surface area contributed by atoms with Crippen LogP contribution in [0, 0.1) is 0 Å². The summed E-state index contributed by atoms with van der Waals surface area (Å²) in [5.41, 5.74) is 5.79. The summed E-state index contributed by atoms with van der Waals surface area (Å²) in [6.45, 7) is 0.857. The fourth-order valence-corrected chi connectivity index (χ4v) is 2.98. The zero-order valence-electron chi connectivity index (χ0n) is 14.3. The van der Waals surface area contributed by atoms with Crippen LogP contribution in [-0.2, 0) is 13.0 Å². The first-order chi connectivity index (χ1) is 12.4. The molecule has 0 amide bonds. The van der Waals surface area contributed by atoms with E-state index in [9.17, 15) is 0 Å². The Morgan fingerprint density at radius 1 is 0.808 bits per heavy atom. The van der Waals surface area contributed by atoms with Crippen LogP contribution in [0.4, 0.5) is 0 Å². The largest absolute Gasteiger partial charge is 1.00 e. The number of aromatic nitrogens is 3. The van der Waals surface area contributed by atoms with Crippen molar-refractivity contribution in [3.05, 3.63) is 108 Å². The molecule has 0 bridgehead atoms. The van der Waals surface area contributed by atoms with Crippen molar-refractivity contribution in [2.24, 2.45) is 0 Å². The topological polar surface area (TPSA) is 32.6 Å². The second kappa shape index (κ2) is 8.45. The van der Waals surface area contributed by atoms with Crippen molar-refractivity contribution in [2.45, 2.75) is 13.0 Å². The SMILES string of the molecule is [Cl-].c1ccc(Cc2cc(-c3ccc[n+](Cc4ccccc4)c3)n[nH]2)cc1. The predicted molar refractivity (Wildman–Crippen MR) is 99.0 cm³/mol. The Morgan fingerprint density at radius 3 is 2.23 bits per heavy atom. The van der Waals surface area contributed by atoms with E-state index in [1.165, 1.54) is 11.1 Å². The van der Waals surface area contributed by atoms with Crippen molar-refractivity contribution in [3.63, 3.8) is 0 Å². The molecule has 0 atom stereocenters. The number of hydrogen-bond donors (Lipinski definition) is 1. The molecule has 130 valence electrons. The van der Waals surface area contributed by atoms with Crippen LogP contribution >= 0.6 is 0 Å². The maximum atomic E-state index is 4.49. The van der Waals surface area contributed by atoms with Gasteiger partial charge in [-0.25, -0.2) is 4.57 Å². The second-order valence-corrected chi connectivity index (χ2v) is 6.19. The van der Waals surface area contributed by atoms with Crippen LogP contribution in [0.15, 0.2) is 91.3 Å². The third kappa shape index (κ3) is 4.38. The summed E-state index contributed by atoms with van der Waals surface area (Å²) in [5, 5.41) is 7.66. The van der Waals surface area contributed by atoms with Gasteiger partial charge in [0.15, 0.2) is 18.9 Å². The van der Waals surface area contributed by atoms with Crippen LogP contribution in [0.2, 0.25) is 0 Å². The monoisotopic (exact) mass is 361 g/mol. The molecule has 0 saturated heterocycles. The first-order valence-corrected chi connectivity index (χ1v) is 8.48. The van der Waals surface area contributed by atoms with E-state index in [4.69, 9.17) is 0 Å². The van der Waals surface area contributed by atoms with Gasteiger partial charge < -0.3 is 12.4 Å². The molecular formula is C22H20ClN3. The number of rotatable bonds is 5. The standard InChI is InChI=1S/C22H20N3.ClH/c1-3-8-18(9-4-1)14-21-15-22(24-23-21)20-12-7-13-25(17-20)16-19-10-5-2-6-11-19;/h1-13,15,17H,14,16H2,(H,23,24);1H/q+1;/p-1. The van der Waals surface area contributed by atoms with Gasteiger partial charge in [0.1, 0.15) is 0 Å². The lowest BCUT2D eigenvalue weighted by Gasteiger charge is -1.99. The fraction of sp³-hybridized carbons (Fsp3) is 0.0909.